The quantitative estimate of drug-likeness (QED) is 0.761. The summed E-state index contributed by atoms with van der Waals surface area (Å²) in [4.78, 5) is 12.8. The number of hydrogen-bond donors (Lipinski definition) is 0. The fourth-order valence-corrected chi connectivity index (χ4v) is 3.88. The monoisotopic (exact) mass is 272 g/mol. The Morgan fingerprint density at radius 2 is 1.75 bits per heavy atom. The van der Waals surface area contributed by atoms with Crippen molar-refractivity contribution in [2.24, 2.45) is 11.3 Å². The van der Waals surface area contributed by atoms with Crippen LogP contribution in [0.25, 0.3) is 0 Å². The van der Waals surface area contributed by atoms with E-state index < -0.39 is 0 Å². The van der Waals surface area contributed by atoms with Gasteiger partial charge in [0.15, 0.2) is 0 Å². The smallest absolute Gasteiger partial charge is 0.140 e. The van der Waals surface area contributed by atoms with Gasteiger partial charge >= 0.3 is 0 Å². The van der Waals surface area contributed by atoms with E-state index in [0.717, 1.165) is 6.42 Å². The molecule has 0 saturated heterocycles. The van der Waals surface area contributed by atoms with Crippen molar-refractivity contribution in [3.63, 3.8) is 0 Å². The average Bonchev–Trinajstić information content (AvgIpc) is 2.32. The van der Waals surface area contributed by atoms with Crippen molar-refractivity contribution in [2.75, 3.05) is 0 Å². The molecule has 110 valence electrons. The Hall–Kier alpha value is -1.11. The zero-order valence-corrected chi connectivity index (χ0v) is 13.7. The van der Waals surface area contributed by atoms with Gasteiger partial charge in [0.1, 0.15) is 5.78 Å². The SMILES string of the molecule is Cc1cc(C)c(CC(=O)C2CCCCC2(C)C)c(C)c1. The molecule has 0 aliphatic heterocycles. The zero-order chi connectivity index (χ0) is 14.9. The minimum Gasteiger partial charge on any atom is -0.299 e. The first-order valence-corrected chi connectivity index (χ1v) is 7.91. The van der Waals surface area contributed by atoms with Crippen LogP contribution in [0.3, 0.4) is 0 Å². The van der Waals surface area contributed by atoms with Crippen LogP contribution >= 0.6 is 0 Å². The number of hydrogen-bond acceptors (Lipinski definition) is 1. The molecule has 0 aromatic heterocycles. The lowest BCUT2D eigenvalue weighted by Crippen LogP contribution is -2.35. The van der Waals surface area contributed by atoms with E-state index in [2.05, 4.69) is 46.8 Å². The van der Waals surface area contributed by atoms with Crippen molar-refractivity contribution in [1.82, 2.24) is 0 Å². The lowest BCUT2D eigenvalue weighted by atomic mass is 9.66. The molecule has 0 amide bonds. The van der Waals surface area contributed by atoms with Gasteiger partial charge < -0.3 is 0 Å². The summed E-state index contributed by atoms with van der Waals surface area (Å²) in [6.45, 7) is 10.9. The predicted molar refractivity (Wildman–Crippen MR) is 85.1 cm³/mol. The summed E-state index contributed by atoms with van der Waals surface area (Å²) < 4.78 is 0. The van der Waals surface area contributed by atoms with Crippen molar-refractivity contribution in [3.05, 3.63) is 34.4 Å². The lowest BCUT2D eigenvalue weighted by Gasteiger charge is -2.37. The molecule has 0 N–H and O–H groups in total. The van der Waals surface area contributed by atoms with Crippen LogP contribution in [0.15, 0.2) is 12.1 Å². The van der Waals surface area contributed by atoms with Crippen LogP contribution in [0, 0.1) is 32.1 Å². The maximum atomic E-state index is 12.8. The van der Waals surface area contributed by atoms with Gasteiger partial charge in [0.2, 0.25) is 0 Å². The molecule has 1 unspecified atom stereocenters. The minimum atomic E-state index is 0.182. The standard InChI is InChI=1S/C19H28O/c1-13-10-14(2)16(15(3)11-13)12-18(20)17-8-6-7-9-19(17,4)5/h10-11,17H,6-9,12H2,1-5H3. The fourth-order valence-electron chi connectivity index (χ4n) is 3.88. The molecular weight excluding hydrogens is 244 g/mol. The molecule has 1 aromatic rings. The third-order valence-corrected chi connectivity index (χ3v) is 5.09. The van der Waals surface area contributed by atoms with Crippen LogP contribution in [-0.4, -0.2) is 5.78 Å². The van der Waals surface area contributed by atoms with Gasteiger partial charge in [-0.25, -0.2) is 0 Å². The van der Waals surface area contributed by atoms with Crippen LogP contribution in [0.2, 0.25) is 0 Å². The molecule has 1 heteroatoms. The first-order chi connectivity index (χ1) is 9.31. The van der Waals surface area contributed by atoms with E-state index in [1.54, 1.807) is 0 Å². The molecule has 0 spiro atoms. The van der Waals surface area contributed by atoms with Crippen LogP contribution in [0.5, 0.6) is 0 Å². The van der Waals surface area contributed by atoms with Crippen molar-refractivity contribution in [3.8, 4) is 0 Å². The predicted octanol–water partition coefficient (Wildman–Crippen LogP) is 4.94. The summed E-state index contributed by atoms with van der Waals surface area (Å²) in [5.74, 6) is 0.695. The van der Waals surface area contributed by atoms with E-state index in [4.69, 9.17) is 0 Å². The van der Waals surface area contributed by atoms with E-state index in [-0.39, 0.29) is 11.3 Å². The molecule has 1 fully saturated rings. The van der Waals surface area contributed by atoms with Gasteiger partial charge in [-0.05, 0) is 55.7 Å². The summed E-state index contributed by atoms with van der Waals surface area (Å²) >= 11 is 0. The highest BCUT2D eigenvalue weighted by atomic mass is 16.1. The summed E-state index contributed by atoms with van der Waals surface area (Å²) in [5, 5.41) is 0. The number of carbonyl (C=O) groups excluding carboxylic acids is 1. The molecule has 1 atom stereocenters. The van der Waals surface area contributed by atoms with Gasteiger partial charge in [-0.2, -0.15) is 0 Å². The Kier molecular flexibility index (Phi) is 4.36. The van der Waals surface area contributed by atoms with Crippen LogP contribution in [0.1, 0.15) is 61.8 Å². The molecular formula is C19H28O. The minimum absolute atomic E-state index is 0.182. The van der Waals surface area contributed by atoms with E-state index in [9.17, 15) is 4.79 Å². The van der Waals surface area contributed by atoms with Crippen molar-refractivity contribution < 1.29 is 4.79 Å². The first kappa shape index (κ1) is 15.3. The largest absolute Gasteiger partial charge is 0.299 e. The Bertz CT molecular complexity index is 487. The topological polar surface area (TPSA) is 17.1 Å². The van der Waals surface area contributed by atoms with Crippen molar-refractivity contribution in [2.45, 2.75) is 66.7 Å². The maximum Gasteiger partial charge on any atom is 0.140 e. The van der Waals surface area contributed by atoms with Gasteiger partial charge in [0.05, 0.1) is 0 Å². The number of Topliss-reactive ketones (excluding diaryl/α,β-unsaturated/α-hetero) is 1. The molecule has 0 bridgehead atoms. The second-order valence-corrected chi connectivity index (χ2v) is 7.31. The van der Waals surface area contributed by atoms with E-state index in [1.165, 1.54) is 41.5 Å². The number of ketones is 1. The molecule has 1 aliphatic rings. The Morgan fingerprint density at radius 3 is 2.30 bits per heavy atom. The molecule has 0 radical (unpaired) electrons. The molecule has 20 heavy (non-hydrogen) atoms. The average molecular weight is 272 g/mol. The van der Waals surface area contributed by atoms with Gasteiger partial charge in [-0.15, -0.1) is 0 Å². The van der Waals surface area contributed by atoms with Crippen molar-refractivity contribution >= 4 is 5.78 Å². The highest BCUT2D eigenvalue weighted by molar-refractivity contribution is 5.84. The highest BCUT2D eigenvalue weighted by Gasteiger charge is 2.36. The van der Waals surface area contributed by atoms with E-state index in [1.807, 2.05) is 0 Å². The fraction of sp³-hybridized carbons (Fsp3) is 0.632. The van der Waals surface area contributed by atoms with Gasteiger partial charge in [0, 0.05) is 12.3 Å². The second kappa shape index (κ2) is 5.71. The Morgan fingerprint density at radius 1 is 1.15 bits per heavy atom. The summed E-state index contributed by atoms with van der Waals surface area (Å²) in [7, 11) is 0. The van der Waals surface area contributed by atoms with Gasteiger partial charge in [0.25, 0.3) is 0 Å². The highest BCUT2D eigenvalue weighted by Crippen LogP contribution is 2.41. The third kappa shape index (κ3) is 3.13. The molecule has 1 aromatic carbocycles. The zero-order valence-electron chi connectivity index (χ0n) is 13.7. The van der Waals surface area contributed by atoms with Gasteiger partial charge in [-0.3, -0.25) is 4.79 Å². The Balaban J connectivity index is 2.20. The third-order valence-electron chi connectivity index (χ3n) is 5.09. The molecule has 2 rings (SSSR count). The van der Waals surface area contributed by atoms with Crippen LogP contribution in [-0.2, 0) is 11.2 Å². The molecule has 1 saturated carbocycles. The normalized spacial score (nSPS) is 21.8. The van der Waals surface area contributed by atoms with Crippen molar-refractivity contribution in [1.29, 1.82) is 0 Å². The molecule has 1 nitrogen and oxygen atoms in total. The number of carbonyl (C=O) groups is 1. The lowest BCUT2D eigenvalue weighted by molar-refractivity contribution is -0.127. The number of benzene rings is 1. The van der Waals surface area contributed by atoms with Crippen LogP contribution < -0.4 is 0 Å². The summed E-state index contributed by atoms with van der Waals surface area (Å²) in [6.07, 6.45) is 5.38. The maximum absolute atomic E-state index is 12.8. The number of aryl methyl sites for hydroxylation is 3. The Labute approximate surface area is 123 Å². The second-order valence-electron chi connectivity index (χ2n) is 7.31. The summed E-state index contributed by atoms with van der Waals surface area (Å²) in [5.41, 5.74) is 5.26. The summed E-state index contributed by atoms with van der Waals surface area (Å²) in [6, 6.07) is 4.39. The van der Waals surface area contributed by atoms with Gasteiger partial charge in [-0.1, -0.05) is 44.4 Å². The van der Waals surface area contributed by atoms with E-state index in [0.29, 0.717) is 12.2 Å². The number of rotatable bonds is 3. The first-order valence-electron chi connectivity index (χ1n) is 7.91. The van der Waals surface area contributed by atoms with Crippen LogP contribution in [0.4, 0.5) is 0 Å². The molecule has 0 heterocycles. The van der Waals surface area contributed by atoms with E-state index >= 15 is 0 Å². The molecule has 1 aliphatic carbocycles.